The first-order valence-corrected chi connectivity index (χ1v) is 7.77. The molecule has 2 atom stereocenters. The molecule has 2 N–H and O–H groups in total. The number of hydrogen-bond acceptors (Lipinski definition) is 5. The van der Waals surface area contributed by atoms with Gasteiger partial charge in [-0.25, -0.2) is 4.98 Å². The molecule has 0 spiro atoms. The number of ether oxygens (including phenoxy) is 1. The van der Waals surface area contributed by atoms with Crippen LogP contribution in [0.4, 0.5) is 0 Å². The van der Waals surface area contributed by atoms with Gasteiger partial charge in [-0.05, 0) is 31.6 Å². The summed E-state index contributed by atoms with van der Waals surface area (Å²) < 4.78 is 10.8. The predicted molar refractivity (Wildman–Crippen MR) is 74.7 cm³/mol. The quantitative estimate of drug-likeness (QED) is 0.865. The van der Waals surface area contributed by atoms with Gasteiger partial charge in [0.05, 0.1) is 6.10 Å². The zero-order valence-electron chi connectivity index (χ0n) is 12.1. The molecule has 1 saturated heterocycles. The van der Waals surface area contributed by atoms with Crippen molar-refractivity contribution in [3.8, 4) is 0 Å². The minimum absolute atomic E-state index is 0.173. The molecule has 2 aliphatic rings. The monoisotopic (exact) mass is 294 g/mol. The Balaban J connectivity index is 1.56. The van der Waals surface area contributed by atoms with Gasteiger partial charge in [0.1, 0.15) is 6.10 Å². The topological polar surface area (TPSA) is 84.6 Å². The van der Waals surface area contributed by atoms with Crippen molar-refractivity contribution in [3.63, 3.8) is 0 Å². The highest BCUT2D eigenvalue weighted by atomic mass is 16.5. The van der Waals surface area contributed by atoms with Crippen molar-refractivity contribution in [2.24, 2.45) is 5.92 Å². The third-order valence-corrected chi connectivity index (χ3v) is 4.45. The molecule has 6 heteroatoms. The van der Waals surface area contributed by atoms with Gasteiger partial charge in [0, 0.05) is 13.2 Å². The standard InChI is InChI=1S/C15H22N2O4/c18-11(10-4-1-2-5-10)8-16-15(19)13-14(21-9-17-13)12-6-3-7-20-12/h9-12,18H,1-8H2,(H,16,19). The molecule has 2 unspecified atom stereocenters. The summed E-state index contributed by atoms with van der Waals surface area (Å²) >= 11 is 0. The molecule has 1 aliphatic heterocycles. The second kappa shape index (κ2) is 6.58. The average Bonchev–Trinajstić information content (AvgIpc) is 3.25. The molecule has 6 nitrogen and oxygen atoms in total. The van der Waals surface area contributed by atoms with Crippen molar-refractivity contribution in [3.05, 3.63) is 17.8 Å². The highest BCUT2D eigenvalue weighted by Crippen LogP contribution is 2.30. The molecular formula is C15H22N2O4. The van der Waals surface area contributed by atoms with Crippen LogP contribution in [0.3, 0.4) is 0 Å². The molecule has 0 radical (unpaired) electrons. The lowest BCUT2D eigenvalue weighted by Crippen LogP contribution is -2.36. The molecule has 1 saturated carbocycles. The number of aliphatic hydroxyl groups is 1. The molecule has 1 aromatic rings. The van der Waals surface area contributed by atoms with Crippen LogP contribution in [0.5, 0.6) is 0 Å². The van der Waals surface area contributed by atoms with E-state index in [4.69, 9.17) is 9.15 Å². The summed E-state index contributed by atoms with van der Waals surface area (Å²) in [5.41, 5.74) is 0.278. The Bertz CT molecular complexity index is 476. The van der Waals surface area contributed by atoms with Crippen LogP contribution in [0.1, 0.15) is 60.9 Å². The minimum atomic E-state index is -0.477. The molecule has 0 aromatic carbocycles. The number of carbonyl (C=O) groups excluding carboxylic acids is 1. The molecular weight excluding hydrogens is 272 g/mol. The fourth-order valence-electron chi connectivity index (χ4n) is 3.23. The van der Waals surface area contributed by atoms with E-state index in [1.807, 2.05) is 0 Å². The van der Waals surface area contributed by atoms with Crippen molar-refractivity contribution in [2.45, 2.75) is 50.7 Å². The normalized spacial score (nSPS) is 24.3. The Hall–Kier alpha value is -1.40. The Morgan fingerprint density at radius 1 is 1.38 bits per heavy atom. The van der Waals surface area contributed by atoms with E-state index < -0.39 is 6.10 Å². The van der Waals surface area contributed by atoms with Crippen LogP contribution < -0.4 is 5.32 Å². The van der Waals surface area contributed by atoms with E-state index in [-0.39, 0.29) is 24.2 Å². The summed E-state index contributed by atoms with van der Waals surface area (Å²) in [5.74, 6) is 0.506. The highest BCUT2D eigenvalue weighted by molar-refractivity contribution is 5.93. The smallest absolute Gasteiger partial charge is 0.273 e. The van der Waals surface area contributed by atoms with Gasteiger partial charge < -0.3 is 19.6 Å². The number of aliphatic hydroxyl groups excluding tert-OH is 1. The van der Waals surface area contributed by atoms with Gasteiger partial charge in [0.25, 0.3) is 5.91 Å². The van der Waals surface area contributed by atoms with Crippen LogP contribution in [0.2, 0.25) is 0 Å². The van der Waals surface area contributed by atoms with Crippen LogP contribution >= 0.6 is 0 Å². The van der Waals surface area contributed by atoms with E-state index in [2.05, 4.69) is 10.3 Å². The summed E-state index contributed by atoms with van der Waals surface area (Å²) in [4.78, 5) is 16.2. The Morgan fingerprint density at radius 2 is 2.19 bits per heavy atom. The number of carbonyl (C=O) groups is 1. The third kappa shape index (κ3) is 3.27. The maximum atomic E-state index is 12.2. The van der Waals surface area contributed by atoms with Gasteiger partial charge in [-0.1, -0.05) is 12.8 Å². The number of nitrogens with zero attached hydrogens (tertiary/aromatic N) is 1. The van der Waals surface area contributed by atoms with Gasteiger partial charge in [-0.15, -0.1) is 0 Å². The Kier molecular flexibility index (Phi) is 4.55. The number of nitrogens with one attached hydrogen (secondary N) is 1. The largest absolute Gasteiger partial charge is 0.445 e. The SMILES string of the molecule is O=C(NCC(O)C1CCCC1)c1ncoc1C1CCCO1. The van der Waals surface area contributed by atoms with E-state index in [9.17, 15) is 9.90 Å². The number of amides is 1. The number of hydrogen-bond donors (Lipinski definition) is 2. The second-order valence-corrected chi connectivity index (χ2v) is 5.89. The average molecular weight is 294 g/mol. The molecule has 1 aromatic heterocycles. The molecule has 1 aliphatic carbocycles. The third-order valence-electron chi connectivity index (χ3n) is 4.45. The molecule has 0 bridgehead atoms. The summed E-state index contributed by atoms with van der Waals surface area (Å²) in [5, 5.41) is 12.9. The van der Waals surface area contributed by atoms with Crippen LogP contribution in [0.25, 0.3) is 0 Å². The lowest BCUT2D eigenvalue weighted by Gasteiger charge is -2.18. The van der Waals surface area contributed by atoms with E-state index in [1.165, 1.54) is 19.2 Å². The minimum Gasteiger partial charge on any atom is -0.445 e. The van der Waals surface area contributed by atoms with Crippen LogP contribution in [0.15, 0.2) is 10.8 Å². The first-order chi connectivity index (χ1) is 10.3. The van der Waals surface area contributed by atoms with Crippen LogP contribution in [0, 0.1) is 5.92 Å². The first kappa shape index (κ1) is 14.5. The summed E-state index contributed by atoms with van der Waals surface area (Å²) in [6.45, 7) is 0.953. The van der Waals surface area contributed by atoms with Crippen molar-refractivity contribution < 1.29 is 19.1 Å². The first-order valence-electron chi connectivity index (χ1n) is 7.77. The molecule has 2 fully saturated rings. The van der Waals surface area contributed by atoms with Gasteiger partial charge in [-0.2, -0.15) is 0 Å². The van der Waals surface area contributed by atoms with E-state index in [0.717, 1.165) is 25.7 Å². The summed E-state index contributed by atoms with van der Waals surface area (Å²) in [6.07, 6.45) is 6.86. The van der Waals surface area contributed by atoms with Gasteiger partial charge >= 0.3 is 0 Å². The molecule has 1 amide bonds. The maximum Gasteiger partial charge on any atom is 0.273 e. The molecule has 21 heavy (non-hydrogen) atoms. The molecule has 116 valence electrons. The lowest BCUT2D eigenvalue weighted by atomic mass is 10.0. The maximum absolute atomic E-state index is 12.2. The predicted octanol–water partition coefficient (Wildman–Crippen LogP) is 1.81. The van der Waals surface area contributed by atoms with Crippen molar-refractivity contribution in [1.29, 1.82) is 0 Å². The van der Waals surface area contributed by atoms with E-state index >= 15 is 0 Å². The van der Waals surface area contributed by atoms with Gasteiger partial charge in [0.2, 0.25) is 0 Å². The van der Waals surface area contributed by atoms with Crippen LogP contribution in [-0.2, 0) is 4.74 Å². The Morgan fingerprint density at radius 3 is 2.90 bits per heavy atom. The Labute approximate surface area is 123 Å². The zero-order chi connectivity index (χ0) is 14.7. The van der Waals surface area contributed by atoms with Crippen LogP contribution in [-0.4, -0.2) is 35.3 Å². The van der Waals surface area contributed by atoms with Crippen molar-refractivity contribution in [2.75, 3.05) is 13.2 Å². The van der Waals surface area contributed by atoms with E-state index in [0.29, 0.717) is 18.3 Å². The summed E-state index contributed by atoms with van der Waals surface area (Å²) in [7, 11) is 0. The van der Waals surface area contributed by atoms with Gasteiger partial charge in [0.15, 0.2) is 17.8 Å². The fraction of sp³-hybridized carbons (Fsp3) is 0.733. The van der Waals surface area contributed by atoms with E-state index in [1.54, 1.807) is 0 Å². The van der Waals surface area contributed by atoms with Crippen molar-refractivity contribution in [1.82, 2.24) is 10.3 Å². The zero-order valence-corrected chi connectivity index (χ0v) is 12.1. The highest BCUT2D eigenvalue weighted by Gasteiger charge is 2.29. The van der Waals surface area contributed by atoms with Crippen molar-refractivity contribution >= 4 is 5.91 Å². The lowest BCUT2D eigenvalue weighted by molar-refractivity contribution is 0.0798. The summed E-state index contributed by atoms with van der Waals surface area (Å²) in [6, 6.07) is 0. The second-order valence-electron chi connectivity index (χ2n) is 5.89. The fourth-order valence-corrected chi connectivity index (χ4v) is 3.23. The van der Waals surface area contributed by atoms with Gasteiger partial charge in [-0.3, -0.25) is 4.79 Å². The number of aromatic nitrogens is 1. The molecule has 3 rings (SSSR count). The molecule has 2 heterocycles. The number of oxazole rings is 1. The number of rotatable bonds is 5.